The van der Waals surface area contributed by atoms with Crippen molar-refractivity contribution in [2.45, 2.75) is 81.6 Å². The average Bonchev–Trinajstić information content (AvgIpc) is 3.54. The maximum atomic E-state index is 13.8. The van der Waals surface area contributed by atoms with E-state index in [1.165, 1.54) is 16.7 Å². The maximum absolute atomic E-state index is 13.8. The van der Waals surface area contributed by atoms with Crippen molar-refractivity contribution in [2.24, 2.45) is 5.92 Å². The Morgan fingerprint density at radius 3 is 1.94 bits per heavy atom. The normalized spacial score (nSPS) is 17.6. The lowest BCUT2D eigenvalue weighted by atomic mass is 9.84. The minimum atomic E-state index is -0.630. The standard InChI is InChI=1S/C42H52N4O3S/c1-6-31(2)38(39(47)44-27-25-35-24-16-17-26-43-35)45-29-36-28-37(30-46(36)40(48)49-41(3,4)5)50-42(32-18-10-7-11-19-32,33-20-12-8-13-21-33)34-22-14-9-15-23-34/h7-24,26,31,36-38,45H,6,25,27-30H2,1-5H3,(H,44,47)/t31?,36?,37?,38-/m0/s1. The van der Waals surface area contributed by atoms with E-state index in [4.69, 9.17) is 4.74 Å². The number of aromatic nitrogens is 1. The van der Waals surface area contributed by atoms with E-state index in [-0.39, 0.29) is 29.2 Å². The van der Waals surface area contributed by atoms with Gasteiger partial charge in [0.15, 0.2) is 0 Å². The Morgan fingerprint density at radius 2 is 1.44 bits per heavy atom. The summed E-state index contributed by atoms with van der Waals surface area (Å²) in [5, 5.41) is 6.82. The molecule has 4 aromatic rings. The van der Waals surface area contributed by atoms with Gasteiger partial charge in [-0.1, -0.05) is 117 Å². The Hall–Kier alpha value is -4.14. The number of hydrogen-bond donors (Lipinski definition) is 2. The van der Waals surface area contributed by atoms with E-state index in [1.54, 1.807) is 6.20 Å². The number of pyridine rings is 1. The highest BCUT2D eigenvalue weighted by Gasteiger charge is 2.45. The molecule has 1 fully saturated rings. The minimum absolute atomic E-state index is 0.0285. The SMILES string of the molecule is CCC(C)[C@H](NCC1CC(SC(c2ccccc2)(c2ccccc2)c2ccccc2)CN1C(=O)OC(C)(C)C)C(=O)NCCc1ccccn1. The Kier molecular flexibility index (Phi) is 12.8. The third-order valence-corrected chi connectivity index (χ3v) is 11.1. The molecule has 3 aromatic carbocycles. The summed E-state index contributed by atoms with van der Waals surface area (Å²) in [5.74, 6) is 0.0764. The van der Waals surface area contributed by atoms with Gasteiger partial charge in [-0.05, 0) is 61.9 Å². The topological polar surface area (TPSA) is 83.6 Å². The van der Waals surface area contributed by atoms with Gasteiger partial charge in [0.1, 0.15) is 5.60 Å². The summed E-state index contributed by atoms with van der Waals surface area (Å²) in [4.78, 5) is 33.6. The second kappa shape index (κ2) is 17.2. The largest absolute Gasteiger partial charge is 0.444 e. The summed E-state index contributed by atoms with van der Waals surface area (Å²) in [5.41, 5.74) is 3.88. The van der Waals surface area contributed by atoms with E-state index in [1.807, 2.05) is 55.6 Å². The fourth-order valence-electron chi connectivity index (χ4n) is 6.69. The van der Waals surface area contributed by atoms with Gasteiger partial charge in [-0.2, -0.15) is 0 Å². The molecule has 1 aromatic heterocycles. The van der Waals surface area contributed by atoms with Gasteiger partial charge < -0.3 is 20.3 Å². The van der Waals surface area contributed by atoms with E-state index in [2.05, 4.69) is 120 Å². The number of rotatable bonds is 14. The number of amides is 2. The van der Waals surface area contributed by atoms with Gasteiger partial charge in [0, 0.05) is 49.2 Å². The molecule has 8 heteroatoms. The predicted molar refractivity (Wildman–Crippen MR) is 204 cm³/mol. The van der Waals surface area contributed by atoms with Crippen LogP contribution < -0.4 is 10.6 Å². The highest BCUT2D eigenvalue weighted by molar-refractivity contribution is 8.01. The number of hydrogen-bond acceptors (Lipinski definition) is 6. The number of thioether (sulfide) groups is 1. The summed E-state index contributed by atoms with van der Waals surface area (Å²) in [6.07, 6.45) is 3.71. The molecule has 0 bridgehead atoms. The molecular formula is C42H52N4O3S. The zero-order chi connectivity index (χ0) is 35.6. The average molecular weight is 693 g/mol. The van der Waals surface area contributed by atoms with Crippen LogP contribution in [0.15, 0.2) is 115 Å². The Labute approximate surface area is 302 Å². The number of carbonyl (C=O) groups is 2. The molecule has 2 heterocycles. The van der Waals surface area contributed by atoms with Crippen LogP contribution in [0.5, 0.6) is 0 Å². The molecule has 1 saturated heterocycles. The van der Waals surface area contributed by atoms with E-state index < -0.39 is 16.4 Å². The molecule has 1 aliphatic heterocycles. The molecule has 3 unspecified atom stereocenters. The van der Waals surface area contributed by atoms with Gasteiger partial charge in [0.25, 0.3) is 0 Å². The molecule has 0 spiro atoms. The second-order valence-corrected chi connectivity index (χ2v) is 15.7. The number of nitrogens with zero attached hydrogens (tertiary/aromatic N) is 2. The summed E-state index contributed by atoms with van der Waals surface area (Å²) < 4.78 is 5.46. The van der Waals surface area contributed by atoms with Crippen molar-refractivity contribution in [1.82, 2.24) is 20.5 Å². The van der Waals surface area contributed by atoms with Crippen molar-refractivity contribution in [3.8, 4) is 0 Å². The monoisotopic (exact) mass is 692 g/mol. The molecule has 7 nitrogen and oxygen atoms in total. The molecule has 5 rings (SSSR count). The molecule has 264 valence electrons. The van der Waals surface area contributed by atoms with Crippen LogP contribution in [0, 0.1) is 5.92 Å². The van der Waals surface area contributed by atoms with Crippen LogP contribution in [0.2, 0.25) is 0 Å². The molecule has 2 amide bonds. The quantitative estimate of drug-likeness (QED) is 0.131. The van der Waals surface area contributed by atoms with Crippen LogP contribution in [0.3, 0.4) is 0 Å². The van der Waals surface area contributed by atoms with Crippen molar-refractivity contribution >= 4 is 23.8 Å². The fraction of sp³-hybridized carbons (Fsp3) is 0.405. The van der Waals surface area contributed by atoms with Crippen LogP contribution in [0.4, 0.5) is 4.79 Å². The zero-order valence-electron chi connectivity index (χ0n) is 30.0. The smallest absolute Gasteiger partial charge is 0.410 e. The van der Waals surface area contributed by atoms with Crippen LogP contribution in [0.1, 0.15) is 69.8 Å². The van der Waals surface area contributed by atoms with Gasteiger partial charge >= 0.3 is 6.09 Å². The molecular weight excluding hydrogens is 641 g/mol. The van der Waals surface area contributed by atoms with E-state index >= 15 is 0 Å². The first-order valence-corrected chi connectivity index (χ1v) is 18.7. The van der Waals surface area contributed by atoms with Gasteiger partial charge in [0.05, 0.1) is 10.8 Å². The lowest BCUT2D eigenvalue weighted by Crippen LogP contribution is -2.52. The molecule has 0 radical (unpaired) electrons. The van der Waals surface area contributed by atoms with Gasteiger partial charge in [-0.15, -0.1) is 11.8 Å². The highest BCUT2D eigenvalue weighted by Crippen LogP contribution is 2.52. The van der Waals surface area contributed by atoms with E-state index in [9.17, 15) is 9.59 Å². The van der Waals surface area contributed by atoms with Crippen LogP contribution in [-0.2, 0) is 20.7 Å². The van der Waals surface area contributed by atoms with E-state index in [0.29, 0.717) is 26.1 Å². The van der Waals surface area contributed by atoms with E-state index in [0.717, 1.165) is 18.5 Å². The lowest BCUT2D eigenvalue weighted by Gasteiger charge is -2.37. The van der Waals surface area contributed by atoms with Crippen molar-refractivity contribution in [3.63, 3.8) is 0 Å². The first-order valence-electron chi connectivity index (χ1n) is 17.9. The van der Waals surface area contributed by atoms with Gasteiger partial charge in [-0.25, -0.2) is 4.79 Å². The third kappa shape index (κ3) is 9.34. The first-order chi connectivity index (χ1) is 24.1. The van der Waals surface area contributed by atoms with Crippen LogP contribution in [0.25, 0.3) is 0 Å². The maximum Gasteiger partial charge on any atom is 0.410 e. The number of ether oxygens (including phenoxy) is 1. The molecule has 0 aliphatic carbocycles. The fourth-order valence-corrected chi connectivity index (χ4v) is 8.56. The minimum Gasteiger partial charge on any atom is -0.444 e. The predicted octanol–water partition coefficient (Wildman–Crippen LogP) is 7.85. The summed E-state index contributed by atoms with van der Waals surface area (Å²) in [6.45, 7) is 11.4. The van der Waals surface area contributed by atoms with Crippen LogP contribution in [-0.4, -0.2) is 64.5 Å². The van der Waals surface area contributed by atoms with Crippen molar-refractivity contribution < 1.29 is 14.3 Å². The molecule has 1 aliphatic rings. The molecule has 2 N–H and O–H groups in total. The van der Waals surface area contributed by atoms with Gasteiger partial charge in [0.2, 0.25) is 5.91 Å². The summed E-state index contributed by atoms with van der Waals surface area (Å²) >= 11 is 1.90. The number of carbonyl (C=O) groups excluding carboxylic acids is 2. The Bertz CT molecular complexity index is 1540. The third-order valence-electron chi connectivity index (χ3n) is 9.36. The van der Waals surface area contributed by atoms with Crippen molar-refractivity contribution in [2.75, 3.05) is 19.6 Å². The van der Waals surface area contributed by atoms with Crippen LogP contribution >= 0.6 is 11.8 Å². The Balaban J connectivity index is 1.41. The first kappa shape index (κ1) is 37.1. The van der Waals surface area contributed by atoms with Gasteiger partial charge in [-0.3, -0.25) is 9.78 Å². The summed E-state index contributed by atoms with van der Waals surface area (Å²) in [7, 11) is 0. The zero-order valence-corrected chi connectivity index (χ0v) is 30.9. The molecule has 50 heavy (non-hydrogen) atoms. The highest BCUT2D eigenvalue weighted by atomic mass is 32.2. The summed E-state index contributed by atoms with van der Waals surface area (Å²) in [6, 6.07) is 37.2. The van der Waals surface area contributed by atoms with Crippen molar-refractivity contribution in [3.05, 3.63) is 138 Å². The molecule has 0 saturated carbocycles. The number of benzene rings is 3. The number of nitrogens with one attached hydrogen (secondary N) is 2. The lowest BCUT2D eigenvalue weighted by molar-refractivity contribution is -0.124. The Morgan fingerprint density at radius 1 is 0.880 bits per heavy atom. The number of likely N-dealkylation sites (tertiary alicyclic amines) is 1. The molecule has 4 atom stereocenters. The van der Waals surface area contributed by atoms with Crippen molar-refractivity contribution in [1.29, 1.82) is 0 Å². The second-order valence-electron chi connectivity index (χ2n) is 14.2.